The summed E-state index contributed by atoms with van der Waals surface area (Å²) < 4.78 is 0. The molecule has 152 valence electrons. The maximum Gasteiger partial charge on any atom is 0.262 e. The van der Waals surface area contributed by atoms with Crippen molar-refractivity contribution < 1.29 is 14.4 Å². The molecule has 1 heterocycles. The third kappa shape index (κ3) is 4.07. The highest BCUT2D eigenvalue weighted by Gasteiger charge is 2.43. The molecule has 1 aliphatic rings. The molecule has 0 spiro atoms. The first-order valence-corrected chi connectivity index (χ1v) is 9.79. The first-order valence-electron chi connectivity index (χ1n) is 9.79. The molecule has 3 rings (SSSR count). The zero-order chi connectivity index (χ0) is 21.1. The van der Waals surface area contributed by atoms with Gasteiger partial charge < -0.3 is 10.2 Å². The lowest BCUT2D eigenvalue weighted by atomic mass is 10.0. The number of fused-ring (bicyclic) bond motifs is 1. The van der Waals surface area contributed by atoms with Crippen LogP contribution in [0.3, 0.4) is 0 Å². The molecule has 0 radical (unpaired) electrons. The van der Waals surface area contributed by atoms with Crippen molar-refractivity contribution in [3.8, 4) is 0 Å². The molecule has 0 saturated carbocycles. The Labute approximate surface area is 171 Å². The second kappa shape index (κ2) is 8.57. The molecule has 0 bridgehead atoms. The number of amides is 3. The largest absolute Gasteiger partial charge is 0.352 e. The summed E-state index contributed by atoms with van der Waals surface area (Å²) in [5.74, 6) is -1.36. The number of nitrogens with zero attached hydrogens (tertiary/aromatic N) is 2. The highest BCUT2D eigenvalue weighted by atomic mass is 16.2. The Kier molecular flexibility index (Phi) is 6.13. The second-order valence-electron chi connectivity index (χ2n) is 7.85. The number of nitrogens with one attached hydrogen (secondary N) is 1. The number of carbonyl (C=O) groups excluding carboxylic acids is 3. The van der Waals surface area contributed by atoms with Crippen LogP contribution in [0.5, 0.6) is 0 Å². The van der Waals surface area contributed by atoms with E-state index in [9.17, 15) is 14.4 Å². The van der Waals surface area contributed by atoms with Crippen LogP contribution in [0.15, 0.2) is 54.6 Å². The monoisotopic (exact) mass is 393 g/mol. The molecular formula is C23H27N3O3. The smallest absolute Gasteiger partial charge is 0.262 e. The average molecular weight is 393 g/mol. The molecule has 2 aromatic carbocycles. The summed E-state index contributed by atoms with van der Waals surface area (Å²) in [5, 5.41) is 2.96. The molecule has 1 aliphatic heterocycles. The maximum atomic E-state index is 13.1. The summed E-state index contributed by atoms with van der Waals surface area (Å²) in [7, 11) is 3.90. The Morgan fingerprint density at radius 3 is 1.93 bits per heavy atom. The minimum atomic E-state index is -0.860. The van der Waals surface area contributed by atoms with Crippen LogP contribution < -0.4 is 5.32 Å². The Hall–Kier alpha value is -2.99. The van der Waals surface area contributed by atoms with E-state index in [-0.39, 0.29) is 17.9 Å². The number of likely N-dealkylation sites (N-methyl/N-ethyl adjacent to an activating group) is 1. The zero-order valence-electron chi connectivity index (χ0n) is 17.3. The molecule has 0 saturated heterocycles. The topological polar surface area (TPSA) is 69.7 Å². The Morgan fingerprint density at radius 2 is 1.45 bits per heavy atom. The van der Waals surface area contributed by atoms with Crippen molar-refractivity contribution in [2.45, 2.75) is 25.9 Å². The quantitative estimate of drug-likeness (QED) is 0.735. The van der Waals surface area contributed by atoms with Crippen LogP contribution in [0.2, 0.25) is 0 Å². The molecule has 2 atom stereocenters. The fraction of sp³-hybridized carbons (Fsp3) is 0.348. The molecule has 2 aromatic rings. The van der Waals surface area contributed by atoms with Gasteiger partial charge in [-0.15, -0.1) is 0 Å². The number of carbonyl (C=O) groups is 3. The molecule has 0 aliphatic carbocycles. The molecule has 6 nitrogen and oxygen atoms in total. The summed E-state index contributed by atoms with van der Waals surface area (Å²) >= 11 is 0. The predicted octanol–water partition coefficient (Wildman–Crippen LogP) is 2.73. The molecule has 29 heavy (non-hydrogen) atoms. The van der Waals surface area contributed by atoms with Crippen molar-refractivity contribution in [2.24, 2.45) is 5.92 Å². The maximum absolute atomic E-state index is 13.1. The van der Waals surface area contributed by atoms with Crippen LogP contribution >= 0.6 is 0 Å². The molecule has 1 N–H and O–H groups in total. The van der Waals surface area contributed by atoms with Gasteiger partial charge in [0.1, 0.15) is 6.04 Å². The van der Waals surface area contributed by atoms with E-state index in [1.54, 1.807) is 24.3 Å². The molecule has 6 heteroatoms. The summed E-state index contributed by atoms with van der Waals surface area (Å²) in [5.41, 5.74) is 1.79. The van der Waals surface area contributed by atoms with Gasteiger partial charge in [-0.1, -0.05) is 56.3 Å². The molecule has 0 aromatic heterocycles. The van der Waals surface area contributed by atoms with Crippen LogP contribution in [0.4, 0.5) is 0 Å². The van der Waals surface area contributed by atoms with Crippen LogP contribution in [0.25, 0.3) is 0 Å². The van der Waals surface area contributed by atoms with Crippen molar-refractivity contribution >= 4 is 17.7 Å². The zero-order valence-corrected chi connectivity index (χ0v) is 17.3. The Bertz CT molecular complexity index is 874. The van der Waals surface area contributed by atoms with E-state index in [0.29, 0.717) is 17.7 Å². The third-order valence-electron chi connectivity index (χ3n) is 5.28. The second-order valence-corrected chi connectivity index (χ2v) is 7.85. The van der Waals surface area contributed by atoms with E-state index in [0.717, 1.165) is 10.5 Å². The summed E-state index contributed by atoms with van der Waals surface area (Å²) in [4.78, 5) is 41.9. The molecule has 0 fully saturated rings. The third-order valence-corrected chi connectivity index (χ3v) is 5.28. The fourth-order valence-electron chi connectivity index (χ4n) is 3.75. The highest BCUT2D eigenvalue weighted by molar-refractivity contribution is 6.22. The normalized spacial score (nSPS) is 15.6. The first-order chi connectivity index (χ1) is 13.8. The van der Waals surface area contributed by atoms with Crippen molar-refractivity contribution in [1.29, 1.82) is 0 Å². The van der Waals surface area contributed by atoms with Gasteiger partial charge in [0.15, 0.2) is 0 Å². The van der Waals surface area contributed by atoms with E-state index in [2.05, 4.69) is 5.32 Å². The first kappa shape index (κ1) is 20.7. The highest BCUT2D eigenvalue weighted by Crippen LogP contribution is 2.27. The standard InChI is InChI=1S/C23H27N3O3/c1-15(2)20(26-22(28)17-12-8-9-13-18(17)23(26)29)21(27)24-14-19(25(3)4)16-10-6-5-7-11-16/h5-13,15,19-20H,14H2,1-4H3,(H,24,27)/t19-,20+/m1/s1. The van der Waals surface area contributed by atoms with Gasteiger partial charge in [0.25, 0.3) is 11.8 Å². The fourth-order valence-corrected chi connectivity index (χ4v) is 3.75. The molecule has 3 amide bonds. The van der Waals surface area contributed by atoms with E-state index in [4.69, 9.17) is 0 Å². The average Bonchev–Trinajstić information content (AvgIpc) is 2.94. The number of rotatable bonds is 7. The van der Waals surface area contributed by atoms with Crippen LogP contribution in [-0.4, -0.2) is 54.2 Å². The minimum absolute atomic E-state index is 0.0184. The van der Waals surface area contributed by atoms with Crippen LogP contribution in [-0.2, 0) is 4.79 Å². The van der Waals surface area contributed by atoms with E-state index < -0.39 is 17.9 Å². The lowest BCUT2D eigenvalue weighted by Crippen LogP contribution is -2.53. The SMILES string of the molecule is CC(C)[C@@H](C(=O)NC[C@H](c1ccccc1)N(C)C)N1C(=O)c2ccccc2C1=O. The Balaban J connectivity index is 1.79. The van der Waals surface area contributed by atoms with Crippen molar-refractivity contribution in [3.63, 3.8) is 0 Å². The summed E-state index contributed by atoms with van der Waals surface area (Å²) in [6.45, 7) is 4.06. The summed E-state index contributed by atoms with van der Waals surface area (Å²) in [6, 6.07) is 15.7. The van der Waals surface area contributed by atoms with E-state index >= 15 is 0 Å². The van der Waals surface area contributed by atoms with Crippen molar-refractivity contribution in [1.82, 2.24) is 15.1 Å². The van der Waals surface area contributed by atoms with Gasteiger partial charge in [-0.3, -0.25) is 19.3 Å². The van der Waals surface area contributed by atoms with E-state index in [1.165, 1.54) is 0 Å². The van der Waals surface area contributed by atoms with Crippen LogP contribution in [0.1, 0.15) is 46.2 Å². The number of hydrogen-bond donors (Lipinski definition) is 1. The summed E-state index contributed by atoms with van der Waals surface area (Å²) in [6.07, 6.45) is 0. The van der Waals surface area contributed by atoms with Crippen molar-refractivity contribution in [2.75, 3.05) is 20.6 Å². The molecule has 0 unspecified atom stereocenters. The Morgan fingerprint density at radius 1 is 0.931 bits per heavy atom. The van der Waals surface area contributed by atoms with Crippen molar-refractivity contribution in [3.05, 3.63) is 71.3 Å². The molecular weight excluding hydrogens is 366 g/mol. The number of benzene rings is 2. The van der Waals surface area contributed by atoms with Gasteiger partial charge in [-0.25, -0.2) is 0 Å². The number of hydrogen-bond acceptors (Lipinski definition) is 4. The number of imide groups is 1. The van der Waals surface area contributed by atoms with Gasteiger partial charge in [0.2, 0.25) is 5.91 Å². The lowest BCUT2D eigenvalue weighted by Gasteiger charge is -2.30. The van der Waals surface area contributed by atoms with Gasteiger partial charge in [-0.2, -0.15) is 0 Å². The van der Waals surface area contributed by atoms with Gasteiger partial charge in [0.05, 0.1) is 17.2 Å². The van der Waals surface area contributed by atoms with Gasteiger partial charge in [-0.05, 0) is 37.7 Å². The van der Waals surface area contributed by atoms with Gasteiger partial charge >= 0.3 is 0 Å². The minimum Gasteiger partial charge on any atom is -0.352 e. The predicted molar refractivity (Wildman–Crippen MR) is 111 cm³/mol. The van der Waals surface area contributed by atoms with Crippen LogP contribution in [0, 0.1) is 5.92 Å². The van der Waals surface area contributed by atoms with E-state index in [1.807, 2.05) is 63.2 Å². The lowest BCUT2D eigenvalue weighted by molar-refractivity contribution is -0.126. The van der Waals surface area contributed by atoms with Gasteiger partial charge in [0, 0.05) is 6.54 Å².